The maximum atomic E-state index is 4.26. The van der Waals surface area contributed by atoms with Gasteiger partial charge >= 0.3 is 0 Å². The molecule has 0 bridgehead atoms. The molecule has 1 aromatic rings. The number of alkyl halides is 1. The van der Waals surface area contributed by atoms with E-state index in [0.29, 0.717) is 0 Å². The fourth-order valence-corrected chi connectivity index (χ4v) is 1.61. The highest BCUT2D eigenvalue weighted by Gasteiger charge is 2.23. The number of aryl methyl sites for hydroxylation is 1. The molecule has 0 aliphatic carbocycles. The highest BCUT2D eigenvalue weighted by atomic mass is 127. The Bertz CT molecular complexity index is 286. The SMILES string of the molecule is CCc1ncncc1C(C)(I)NC. The van der Waals surface area contributed by atoms with Crippen LogP contribution in [-0.4, -0.2) is 17.0 Å². The van der Waals surface area contributed by atoms with Crippen molar-refractivity contribution in [3.63, 3.8) is 0 Å². The molecule has 0 saturated carbocycles. The van der Waals surface area contributed by atoms with E-state index in [-0.39, 0.29) is 3.55 Å². The maximum Gasteiger partial charge on any atom is 0.115 e. The van der Waals surface area contributed by atoms with E-state index < -0.39 is 0 Å². The van der Waals surface area contributed by atoms with Crippen molar-refractivity contribution in [1.29, 1.82) is 0 Å². The predicted molar refractivity (Wildman–Crippen MR) is 61.8 cm³/mol. The van der Waals surface area contributed by atoms with Gasteiger partial charge in [-0.1, -0.05) is 29.5 Å². The first-order valence-corrected chi connectivity index (χ1v) is 5.37. The fourth-order valence-electron chi connectivity index (χ4n) is 1.16. The highest BCUT2D eigenvalue weighted by molar-refractivity contribution is 14.1. The van der Waals surface area contributed by atoms with E-state index >= 15 is 0 Å². The summed E-state index contributed by atoms with van der Waals surface area (Å²) in [4.78, 5) is 8.31. The van der Waals surface area contributed by atoms with E-state index in [0.717, 1.165) is 12.1 Å². The third-order valence-electron chi connectivity index (χ3n) is 2.10. The van der Waals surface area contributed by atoms with Gasteiger partial charge in [0.25, 0.3) is 0 Å². The van der Waals surface area contributed by atoms with Crippen molar-refractivity contribution in [1.82, 2.24) is 15.3 Å². The number of hydrogen-bond donors (Lipinski definition) is 1. The van der Waals surface area contributed by atoms with Gasteiger partial charge in [-0.15, -0.1) is 0 Å². The van der Waals surface area contributed by atoms with Gasteiger partial charge in [0.15, 0.2) is 0 Å². The molecule has 0 aliphatic heterocycles. The lowest BCUT2D eigenvalue weighted by molar-refractivity contribution is 0.607. The molecule has 1 N–H and O–H groups in total. The molecule has 1 heterocycles. The second-order valence-corrected chi connectivity index (χ2v) is 5.15. The van der Waals surface area contributed by atoms with Gasteiger partial charge < -0.3 is 5.32 Å². The van der Waals surface area contributed by atoms with E-state index in [4.69, 9.17) is 0 Å². The largest absolute Gasteiger partial charge is 0.302 e. The summed E-state index contributed by atoms with van der Waals surface area (Å²) in [5, 5.41) is 3.24. The average molecular weight is 291 g/mol. The van der Waals surface area contributed by atoms with Gasteiger partial charge in [-0.25, -0.2) is 9.97 Å². The minimum Gasteiger partial charge on any atom is -0.302 e. The lowest BCUT2D eigenvalue weighted by Gasteiger charge is -2.23. The van der Waals surface area contributed by atoms with E-state index in [1.807, 2.05) is 13.2 Å². The van der Waals surface area contributed by atoms with Crippen LogP contribution >= 0.6 is 22.6 Å². The number of nitrogens with zero attached hydrogens (tertiary/aromatic N) is 2. The second kappa shape index (κ2) is 4.32. The van der Waals surface area contributed by atoms with Crippen LogP contribution in [0.3, 0.4) is 0 Å². The minimum atomic E-state index is -0.0790. The van der Waals surface area contributed by atoms with Crippen molar-refractivity contribution in [3.8, 4) is 0 Å². The molecule has 0 aromatic carbocycles. The van der Waals surface area contributed by atoms with E-state index in [1.54, 1.807) is 6.33 Å². The first-order valence-electron chi connectivity index (χ1n) is 4.29. The third-order valence-corrected chi connectivity index (χ3v) is 3.23. The number of nitrogens with one attached hydrogen (secondary N) is 1. The zero-order valence-electron chi connectivity index (χ0n) is 8.13. The highest BCUT2D eigenvalue weighted by Crippen LogP contribution is 2.28. The normalized spacial score (nSPS) is 15.4. The third kappa shape index (κ3) is 2.37. The van der Waals surface area contributed by atoms with E-state index in [9.17, 15) is 0 Å². The zero-order chi connectivity index (χ0) is 9.90. The number of halogens is 1. The summed E-state index contributed by atoms with van der Waals surface area (Å²) in [6, 6.07) is 0. The van der Waals surface area contributed by atoms with Gasteiger partial charge in [-0.05, 0) is 20.4 Å². The Labute approximate surface area is 92.5 Å². The molecule has 0 radical (unpaired) electrons. The molecule has 0 spiro atoms. The van der Waals surface area contributed by atoms with Crippen LogP contribution in [0.1, 0.15) is 25.1 Å². The first kappa shape index (κ1) is 10.8. The van der Waals surface area contributed by atoms with Crippen molar-refractivity contribution < 1.29 is 0 Å². The Kier molecular flexibility index (Phi) is 3.61. The Balaban J connectivity index is 3.12. The predicted octanol–water partition coefficient (Wildman–Crippen LogP) is 1.87. The molecule has 13 heavy (non-hydrogen) atoms. The van der Waals surface area contributed by atoms with Crippen LogP contribution in [0.4, 0.5) is 0 Å². The van der Waals surface area contributed by atoms with Gasteiger partial charge in [0, 0.05) is 17.5 Å². The maximum absolute atomic E-state index is 4.26. The van der Waals surface area contributed by atoms with Crippen molar-refractivity contribution in [2.45, 2.75) is 23.8 Å². The first-order chi connectivity index (χ1) is 6.11. The molecule has 1 aromatic heterocycles. The molecular weight excluding hydrogens is 277 g/mol. The molecule has 1 rings (SSSR count). The van der Waals surface area contributed by atoms with Crippen LogP contribution in [0.2, 0.25) is 0 Å². The number of hydrogen-bond acceptors (Lipinski definition) is 3. The van der Waals surface area contributed by atoms with Crippen LogP contribution in [0.15, 0.2) is 12.5 Å². The van der Waals surface area contributed by atoms with Gasteiger partial charge in [0.2, 0.25) is 0 Å². The molecule has 0 aliphatic rings. The van der Waals surface area contributed by atoms with Gasteiger partial charge in [0.1, 0.15) is 6.33 Å². The monoisotopic (exact) mass is 291 g/mol. The minimum absolute atomic E-state index is 0.0790. The fraction of sp³-hybridized carbons (Fsp3) is 0.556. The summed E-state index contributed by atoms with van der Waals surface area (Å²) in [5.41, 5.74) is 2.28. The molecule has 0 fully saturated rings. The summed E-state index contributed by atoms with van der Waals surface area (Å²) in [7, 11) is 1.94. The topological polar surface area (TPSA) is 37.8 Å². The van der Waals surface area contributed by atoms with Crippen molar-refractivity contribution in [3.05, 3.63) is 23.8 Å². The number of rotatable bonds is 3. The molecular formula is C9H14IN3. The summed E-state index contributed by atoms with van der Waals surface area (Å²) >= 11 is 2.36. The van der Waals surface area contributed by atoms with Crippen LogP contribution in [0.5, 0.6) is 0 Å². The summed E-state index contributed by atoms with van der Waals surface area (Å²) in [6.45, 7) is 4.22. The van der Waals surface area contributed by atoms with Crippen molar-refractivity contribution in [2.75, 3.05) is 7.05 Å². The summed E-state index contributed by atoms with van der Waals surface area (Å²) in [6.07, 6.45) is 4.43. The molecule has 72 valence electrons. The van der Waals surface area contributed by atoms with Crippen LogP contribution in [-0.2, 0) is 9.97 Å². The Hall–Kier alpha value is -0.230. The Morgan fingerprint density at radius 2 is 2.31 bits per heavy atom. The van der Waals surface area contributed by atoms with Crippen LogP contribution in [0, 0.1) is 0 Å². The molecule has 0 amide bonds. The standard InChI is InChI=1S/C9H14IN3/c1-4-8-7(5-12-6-13-8)9(2,10)11-3/h5-6,11H,4H2,1-3H3. The molecule has 0 saturated heterocycles. The smallest absolute Gasteiger partial charge is 0.115 e. The molecule has 4 heteroatoms. The van der Waals surface area contributed by atoms with Gasteiger partial charge in [-0.3, -0.25) is 0 Å². The zero-order valence-corrected chi connectivity index (χ0v) is 10.3. The van der Waals surface area contributed by atoms with Crippen LogP contribution < -0.4 is 5.32 Å². The van der Waals surface area contributed by atoms with Crippen molar-refractivity contribution >= 4 is 22.6 Å². The molecule has 3 nitrogen and oxygen atoms in total. The molecule has 1 unspecified atom stereocenters. The lowest BCUT2D eigenvalue weighted by atomic mass is 10.1. The lowest BCUT2D eigenvalue weighted by Crippen LogP contribution is -2.31. The number of aromatic nitrogens is 2. The van der Waals surface area contributed by atoms with Crippen LogP contribution in [0.25, 0.3) is 0 Å². The van der Waals surface area contributed by atoms with E-state index in [1.165, 1.54) is 5.56 Å². The molecule has 1 atom stereocenters. The summed E-state index contributed by atoms with van der Waals surface area (Å²) in [5.74, 6) is 0. The average Bonchev–Trinajstić information content (AvgIpc) is 2.18. The van der Waals surface area contributed by atoms with Gasteiger partial charge in [-0.2, -0.15) is 0 Å². The van der Waals surface area contributed by atoms with Crippen molar-refractivity contribution in [2.24, 2.45) is 0 Å². The Morgan fingerprint density at radius 3 is 2.85 bits per heavy atom. The Morgan fingerprint density at radius 1 is 1.62 bits per heavy atom. The second-order valence-electron chi connectivity index (χ2n) is 2.99. The van der Waals surface area contributed by atoms with Gasteiger partial charge in [0.05, 0.1) is 3.55 Å². The quantitative estimate of drug-likeness (QED) is 0.525. The summed E-state index contributed by atoms with van der Waals surface area (Å²) < 4.78 is -0.0790. The van der Waals surface area contributed by atoms with E-state index in [2.05, 4.69) is 51.7 Å².